The van der Waals surface area contributed by atoms with Gasteiger partial charge in [-0.25, -0.2) is 4.39 Å². The SMILES string of the molecule is Cl.Cl.Fc1ccc([C@@H](C2CCC2)N2CCNCC2)cc1C(F)(F)F. The maximum absolute atomic E-state index is 13.5. The predicted octanol–water partition coefficient (Wildman–Crippen LogP) is 4.43. The van der Waals surface area contributed by atoms with Crippen LogP contribution in [0.4, 0.5) is 17.6 Å². The van der Waals surface area contributed by atoms with E-state index < -0.39 is 17.6 Å². The summed E-state index contributed by atoms with van der Waals surface area (Å²) in [6, 6.07) is 3.47. The van der Waals surface area contributed by atoms with Crippen molar-refractivity contribution in [2.75, 3.05) is 26.2 Å². The van der Waals surface area contributed by atoms with Crippen LogP contribution >= 0.6 is 24.8 Å². The van der Waals surface area contributed by atoms with Gasteiger partial charge in [0.05, 0.1) is 5.56 Å². The van der Waals surface area contributed by atoms with Crippen molar-refractivity contribution in [3.63, 3.8) is 0 Å². The fourth-order valence-electron chi connectivity index (χ4n) is 3.44. The Morgan fingerprint density at radius 1 is 1.08 bits per heavy atom. The monoisotopic (exact) mass is 388 g/mol. The van der Waals surface area contributed by atoms with E-state index in [2.05, 4.69) is 10.2 Å². The van der Waals surface area contributed by atoms with Gasteiger partial charge in [-0.1, -0.05) is 12.5 Å². The molecule has 0 amide bonds. The van der Waals surface area contributed by atoms with Crippen LogP contribution in [-0.2, 0) is 6.18 Å². The molecule has 2 fully saturated rings. The maximum atomic E-state index is 13.5. The molecule has 1 saturated heterocycles. The van der Waals surface area contributed by atoms with E-state index in [1.807, 2.05) is 0 Å². The summed E-state index contributed by atoms with van der Waals surface area (Å²) in [4.78, 5) is 2.24. The molecule has 0 radical (unpaired) electrons. The van der Waals surface area contributed by atoms with E-state index in [1.54, 1.807) is 0 Å². The average Bonchev–Trinajstić information content (AvgIpc) is 2.43. The first-order valence-corrected chi connectivity index (χ1v) is 7.78. The smallest absolute Gasteiger partial charge is 0.314 e. The van der Waals surface area contributed by atoms with Gasteiger partial charge >= 0.3 is 6.18 Å². The van der Waals surface area contributed by atoms with E-state index >= 15 is 0 Å². The number of hydrogen-bond donors (Lipinski definition) is 1. The molecule has 138 valence electrons. The standard InChI is InChI=1S/C16H20F4N2.2ClH/c17-14-5-4-12(10-13(14)16(18,19)20)15(11-2-1-3-11)22-8-6-21-7-9-22;;/h4-5,10-11,15,21H,1-3,6-9H2;2*1H/t15-;;/m1../s1. The molecule has 0 aromatic heterocycles. The lowest BCUT2D eigenvalue weighted by Gasteiger charge is -2.43. The van der Waals surface area contributed by atoms with Crippen molar-refractivity contribution in [2.24, 2.45) is 5.92 Å². The predicted molar refractivity (Wildman–Crippen MR) is 90.4 cm³/mol. The summed E-state index contributed by atoms with van der Waals surface area (Å²) in [6.07, 6.45) is -1.45. The molecule has 24 heavy (non-hydrogen) atoms. The number of benzene rings is 1. The van der Waals surface area contributed by atoms with E-state index in [0.717, 1.165) is 57.6 Å². The molecule has 1 N–H and O–H groups in total. The zero-order valence-electron chi connectivity index (χ0n) is 13.1. The van der Waals surface area contributed by atoms with Gasteiger partial charge in [0.25, 0.3) is 0 Å². The molecule has 1 aliphatic carbocycles. The number of rotatable bonds is 3. The van der Waals surface area contributed by atoms with Crippen LogP contribution in [0.2, 0.25) is 0 Å². The van der Waals surface area contributed by atoms with Crippen LogP contribution < -0.4 is 5.32 Å². The zero-order chi connectivity index (χ0) is 15.7. The molecule has 1 aromatic carbocycles. The second kappa shape index (κ2) is 8.70. The molecule has 0 spiro atoms. The molecule has 1 aliphatic heterocycles. The van der Waals surface area contributed by atoms with Crippen LogP contribution in [0.5, 0.6) is 0 Å². The highest BCUT2D eigenvalue weighted by atomic mass is 35.5. The van der Waals surface area contributed by atoms with Crippen molar-refractivity contribution in [2.45, 2.75) is 31.5 Å². The maximum Gasteiger partial charge on any atom is 0.419 e. The fraction of sp³-hybridized carbons (Fsp3) is 0.625. The molecule has 2 aliphatic rings. The van der Waals surface area contributed by atoms with Crippen LogP contribution in [-0.4, -0.2) is 31.1 Å². The van der Waals surface area contributed by atoms with E-state index in [0.29, 0.717) is 11.5 Å². The second-order valence-electron chi connectivity index (χ2n) is 6.16. The summed E-state index contributed by atoms with van der Waals surface area (Å²) in [5.41, 5.74) is -0.551. The van der Waals surface area contributed by atoms with Crippen molar-refractivity contribution in [1.29, 1.82) is 0 Å². The summed E-state index contributed by atoms with van der Waals surface area (Å²) in [5, 5.41) is 3.26. The van der Waals surface area contributed by atoms with Gasteiger partial charge in [-0.3, -0.25) is 4.90 Å². The van der Waals surface area contributed by atoms with Crippen LogP contribution in [0.1, 0.15) is 36.4 Å². The molecule has 0 bridgehead atoms. The third-order valence-electron chi connectivity index (χ3n) is 4.78. The van der Waals surface area contributed by atoms with Crippen LogP contribution in [0.15, 0.2) is 18.2 Å². The Morgan fingerprint density at radius 2 is 1.71 bits per heavy atom. The first-order chi connectivity index (χ1) is 10.5. The number of alkyl halides is 3. The zero-order valence-corrected chi connectivity index (χ0v) is 14.7. The van der Waals surface area contributed by atoms with Crippen molar-refractivity contribution in [3.05, 3.63) is 35.1 Å². The minimum atomic E-state index is -4.65. The van der Waals surface area contributed by atoms with Gasteiger partial charge < -0.3 is 5.32 Å². The number of nitrogens with one attached hydrogen (secondary N) is 1. The van der Waals surface area contributed by atoms with Gasteiger partial charge in [-0.05, 0) is 36.5 Å². The van der Waals surface area contributed by atoms with Crippen LogP contribution in [0.25, 0.3) is 0 Å². The largest absolute Gasteiger partial charge is 0.419 e. The van der Waals surface area contributed by atoms with E-state index in [-0.39, 0.29) is 30.9 Å². The van der Waals surface area contributed by atoms with Crippen molar-refractivity contribution < 1.29 is 17.6 Å². The topological polar surface area (TPSA) is 15.3 Å². The van der Waals surface area contributed by atoms with Crippen molar-refractivity contribution >= 4 is 24.8 Å². The van der Waals surface area contributed by atoms with Crippen molar-refractivity contribution in [3.8, 4) is 0 Å². The molecule has 8 heteroatoms. The molecule has 1 heterocycles. The first kappa shape index (κ1) is 21.5. The summed E-state index contributed by atoms with van der Waals surface area (Å²) in [5.74, 6) is -0.812. The molecule has 2 nitrogen and oxygen atoms in total. The number of piperazine rings is 1. The van der Waals surface area contributed by atoms with E-state index in [1.165, 1.54) is 6.07 Å². The number of hydrogen-bond acceptors (Lipinski definition) is 2. The Kier molecular flexibility index (Phi) is 7.78. The molecule has 3 rings (SSSR count). The highest BCUT2D eigenvalue weighted by molar-refractivity contribution is 5.85. The summed E-state index contributed by atoms with van der Waals surface area (Å²) >= 11 is 0. The van der Waals surface area contributed by atoms with Gasteiger partial charge in [0, 0.05) is 32.2 Å². The Balaban J connectivity index is 0.00000144. The molecule has 1 atom stereocenters. The minimum Gasteiger partial charge on any atom is -0.314 e. The lowest BCUT2D eigenvalue weighted by atomic mass is 9.76. The number of nitrogens with zero attached hydrogens (tertiary/aromatic N) is 1. The Labute approximate surface area is 151 Å². The lowest BCUT2D eigenvalue weighted by Crippen LogP contribution is -2.47. The summed E-state index contributed by atoms with van der Waals surface area (Å²) in [7, 11) is 0. The third-order valence-corrected chi connectivity index (χ3v) is 4.78. The Hall–Kier alpha value is -0.560. The minimum absolute atomic E-state index is 0. The first-order valence-electron chi connectivity index (χ1n) is 7.78. The van der Waals surface area contributed by atoms with Gasteiger partial charge in [-0.2, -0.15) is 13.2 Å². The van der Waals surface area contributed by atoms with Gasteiger partial charge in [0.15, 0.2) is 0 Å². The average molecular weight is 389 g/mol. The van der Waals surface area contributed by atoms with E-state index in [9.17, 15) is 17.6 Å². The molecule has 1 aromatic rings. The molecular formula is C16H22Cl2F4N2. The number of halogens is 6. The summed E-state index contributed by atoms with van der Waals surface area (Å²) < 4.78 is 52.4. The highest BCUT2D eigenvalue weighted by Gasteiger charge is 2.38. The Bertz CT molecular complexity index is 529. The van der Waals surface area contributed by atoms with Gasteiger partial charge in [0.1, 0.15) is 5.82 Å². The third kappa shape index (κ3) is 4.54. The van der Waals surface area contributed by atoms with Crippen LogP contribution in [0, 0.1) is 11.7 Å². The normalized spacial score (nSPS) is 20.5. The van der Waals surface area contributed by atoms with Gasteiger partial charge in [0.2, 0.25) is 0 Å². The van der Waals surface area contributed by atoms with Crippen molar-refractivity contribution in [1.82, 2.24) is 10.2 Å². The highest BCUT2D eigenvalue weighted by Crippen LogP contribution is 2.43. The fourth-order valence-corrected chi connectivity index (χ4v) is 3.44. The summed E-state index contributed by atoms with van der Waals surface area (Å²) in [6.45, 7) is 3.33. The molecule has 0 unspecified atom stereocenters. The van der Waals surface area contributed by atoms with E-state index in [4.69, 9.17) is 0 Å². The quantitative estimate of drug-likeness (QED) is 0.770. The molecular weight excluding hydrogens is 367 g/mol. The molecule has 1 saturated carbocycles. The lowest BCUT2D eigenvalue weighted by molar-refractivity contribution is -0.140. The van der Waals surface area contributed by atoms with Gasteiger partial charge in [-0.15, -0.1) is 24.8 Å². The van der Waals surface area contributed by atoms with Crippen LogP contribution in [0.3, 0.4) is 0 Å². The second-order valence-corrected chi connectivity index (χ2v) is 6.16. The Morgan fingerprint density at radius 3 is 2.21 bits per heavy atom.